The van der Waals surface area contributed by atoms with Gasteiger partial charge < -0.3 is 14.7 Å². The highest BCUT2D eigenvalue weighted by Crippen LogP contribution is 2.15. The Morgan fingerprint density at radius 1 is 1.33 bits per heavy atom. The second-order valence-corrected chi connectivity index (χ2v) is 7.37. The van der Waals surface area contributed by atoms with Crippen LogP contribution in [0.2, 0.25) is 0 Å². The number of benzene rings is 1. The molecule has 0 bridgehead atoms. The topological polar surface area (TPSA) is 49.8 Å². The fourth-order valence-electron chi connectivity index (χ4n) is 2.64. The summed E-state index contributed by atoms with van der Waals surface area (Å²) in [5, 5.41) is 10.1. The third-order valence-corrected chi connectivity index (χ3v) is 5.28. The molecule has 4 nitrogen and oxygen atoms in total. The highest BCUT2D eigenvalue weighted by atomic mass is 32.2. The van der Waals surface area contributed by atoms with Crippen molar-refractivity contribution in [3.63, 3.8) is 0 Å². The lowest BCUT2D eigenvalue weighted by atomic mass is 10.1. The van der Waals surface area contributed by atoms with Gasteiger partial charge in [-0.3, -0.25) is 4.21 Å². The molecule has 1 saturated heterocycles. The molecule has 1 aromatic carbocycles. The molecule has 0 amide bonds. The van der Waals surface area contributed by atoms with E-state index < -0.39 is 16.9 Å². The SMILES string of the molecule is CN(C[C@@H](O)COCc1ccccc1)C1CCS(=O)CC1. The fraction of sp³-hybridized carbons (Fsp3) is 0.625. The van der Waals surface area contributed by atoms with Crippen LogP contribution in [0.15, 0.2) is 30.3 Å². The lowest BCUT2D eigenvalue weighted by Crippen LogP contribution is -2.42. The third-order valence-electron chi connectivity index (χ3n) is 3.90. The van der Waals surface area contributed by atoms with Gasteiger partial charge in [0, 0.05) is 34.9 Å². The second kappa shape index (κ2) is 8.63. The maximum atomic E-state index is 11.4. The van der Waals surface area contributed by atoms with Crippen molar-refractivity contribution in [3.8, 4) is 0 Å². The van der Waals surface area contributed by atoms with Gasteiger partial charge in [-0.05, 0) is 25.5 Å². The molecular formula is C16H25NO3S. The highest BCUT2D eigenvalue weighted by Gasteiger charge is 2.22. The Morgan fingerprint density at radius 3 is 2.67 bits per heavy atom. The summed E-state index contributed by atoms with van der Waals surface area (Å²) in [5.74, 6) is 1.57. The number of aliphatic hydroxyl groups excluding tert-OH is 1. The Morgan fingerprint density at radius 2 is 2.00 bits per heavy atom. The zero-order valence-electron chi connectivity index (χ0n) is 12.6. The van der Waals surface area contributed by atoms with Crippen molar-refractivity contribution in [2.24, 2.45) is 0 Å². The van der Waals surface area contributed by atoms with Gasteiger partial charge in [0.05, 0.1) is 19.3 Å². The largest absolute Gasteiger partial charge is 0.389 e. The molecule has 0 unspecified atom stereocenters. The standard InChI is InChI=1S/C16H25NO3S/c1-17(15-7-9-21(19)10-8-15)11-16(18)13-20-12-14-5-3-2-4-6-14/h2-6,15-16,18H,7-13H2,1H3/t15?,16-,21?/m1/s1. The molecule has 1 aliphatic rings. The molecule has 0 radical (unpaired) electrons. The zero-order valence-corrected chi connectivity index (χ0v) is 13.4. The summed E-state index contributed by atoms with van der Waals surface area (Å²) in [7, 11) is 1.40. The molecule has 0 saturated carbocycles. The van der Waals surface area contributed by atoms with E-state index in [2.05, 4.69) is 4.90 Å². The molecule has 21 heavy (non-hydrogen) atoms. The van der Waals surface area contributed by atoms with Gasteiger partial charge in [-0.25, -0.2) is 0 Å². The first-order chi connectivity index (χ1) is 10.1. The van der Waals surface area contributed by atoms with Crippen LogP contribution in [0.3, 0.4) is 0 Å². The number of hydrogen-bond donors (Lipinski definition) is 1. The second-order valence-electron chi connectivity index (χ2n) is 5.67. The summed E-state index contributed by atoms with van der Waals surface area (Å²) in [5.41, 5.74) is 1.12. The Balaban J connectivity index is 1.64. The molecule has 5 heteroatoms. The molecule has 1 aromatic rings. The Hall–Kier alpha value is -0.750. The van der Waals surface area contributed by atoms with E-state index >= 15 is 0 Å². The number of rotatable bonds is 7. The Bertz CT molecular complexity index is 430. The maximum absolute atomic E-state index is 11.4. The molecule has 0 spiro atoms. The van der Waals surface area contributed by atoms with Crippen LogP contribution < -0.4 is 0 Å². The molecule has 0 aliphatic carbocycles. The van der Waals surface area contributed by atoms with Gasteiger partial charge in [-0.2, -0.15) is 0 Å². The van der Waals surface area contributed by atoms with E-state index in [0.29, 0.717) is 25.8 Å². The van der Waals surface area contributed by atoms with E-state index in [9.17, 15) is 9.32 Å². The van der Waals surface area contributed by atoms with Gasteiger partial charge in [0.15, 0.2) is 0 Å². The summed E-state index contributed by atoms with van der Waals surface area (Å²) >= 11 is 0. The van der Waals surface area contributed by atoms with Gasteiger partial charge in [0.1, 0.15) is 0 Å². The summed E-state index contributed by atoms with van der Waals surface area (Å²) in [6.45, 7) is 1.48. The van der Waals surface area contributed by atoms with Crippen molar-refractivity contribution < 1.29 is 14.1 Å². The van der Waals surface area contributed by atoms with Crippen molar-refractivity contribution in [2.45, 2.75) is 31.6 Å². The quantitative estimate of drug-likeness (QED) is 0.827. The van der Waals surface area contributed by atoms with E-state index in [-0.39, 0.29) is 0 Å². The average molecular weight is 311 g/mol. The van der Waals surface area contributed by atoms with Crippen LogP contribution in [0.5, 0.6) is 0 Å². The van der Waals surface area contributed by atoms with Gasteiger partial charge >= 0.3 is 0 Å². The van der Waals surface area contributed by atoms with E-state index in [1.807, 2.05) is 37.4 Å². The monoisotopic (exact) mass is 311 g/mol. The van der Waals surface area contributed by atoms with Crippen LogP contribution in [-0.4, -0.2) is 58.1 Å². The first kappa shape index (κ1) is 16.6. The summed E-state index contributed by atoms with van der Waals surface area (Å²) < 4.78 is 16.9. The third kappa shape index (κ3) is 5.87. The zero-order chi connectivity index (χ0) is 15.1. The predicted molar refractivity (Wildman–Crippen MR) is 85.6 cm³/mol. The van der Waals surface area contributed by atoms with E-state index in [0.717, 1.165) is 29.9 Å². The summed E-state index contributed by atoms with van der Waals surface area (Å²) in [6, 6.07) is 10.4. The smallest absolute Gasteiger partial charge is 0.0900 e. The number of hydrogen-bond acceptors (Lipinski definition) is 4. The summed E-state index contributed by atoms with van der Waals surface area (Å²) in [6.07, 6.45) is 1.44. The minimum absolute atomic E-state index is 0.345. The van der Waals surface area contributed by atoms with Crippen molar-refractivity contribution in [3.05, 3.63) is 35.9 Å². The number of likely N-dealkylation sites (N-methyl/N-ethyl adjacent to an activating group) is 1. The fourth-order valence-corrected chi connectivity index (χ4v) is 3.92. The Kier molecular flexibility index (Phi) is 6.83. The van der Waals surface area contributed by atoms with E-state index in [1.54, 1.807) is 0 Å². The highest BCUT2D eigenvalue weighted by molar-refractivity contribution is 7.85. The maximum Gasteiger partial charge on any atom is 0.0900 e. The van der Waals surface area contributed by atoms with Crippen LogP contribution in [0, 0.1) is 0 Å². The minimum atomic E-state index is -0.630. The lowest BCUT2D eigenvalue weighted by Gasteiger charge is -2.32. The molecule has 1 atom stereocenters. The van der Waals surface area contributed by atoms with E-state index in [1.165, 1.54) is 0 Å². The molecule has 2 rings (SSSR count). The van der Waals surface area contributed by atoms with Crippen molar-refractivity contribution in [2.75, 3.05) is 31.7 Å². The van der Waals surface area contributed by atoms with Gasteiger partial charge in [0.25, 0.3) is 0 Å². The average Bonchev–Trinajstić information content (AvgIpc) is 2.49. The van der Waals surface area contributed by atoms with Gasteiger partial charge in [-0.1, -0.05) is 30.3 Å². The number of nitrogens with zero attached hydrogens (tertiary/aromatic N) is 1. The molecule has 1 aliphatic heterocycles. The van der Waals surface area contributed by atoms with Gasteiger partial charge in [0.2, 0.25) is 0 Å². The van der Waals surface area contributed by atoms with Crippen LogP contribution in [0.4, 0.5) is 0 Å². The number of ether oxygens (including phenoxy) is 1. The first-order valence-electron chi connectivity index (χ1n) is 7.50. The van der Waals surface area contributed by atoms with Crippen molar-refractivity contribution in [1.29, 1.82) is 0 Å². The summed E-state index contributed by atoms with van der Waals surface area (Å²) in [4.78, 5) is 2.17. The molecule has 1 heterocycles. The molecule has 0 aromatic heterocycles. The lowest BCUT2D eigenvalue weighted by molar-refractivity contribution is 0.00695. The van der Waals surface area contributed by atoms with Crippen molar-refractivity contribution >= 4 is 10.8 Å². The van der Waals surface area contributed by atoms with Crippen LogP contribution in [0.1, 0.15) is 18.4 Å². The molecule has 118 valence electrons. The minimum Gasteiger partial charge on any atom is -0.389 e. The molecule has 1 fully saturated rings. The van der Waals surface area contributed by atoms with Crippen LogP contribution in [0.25, 0.3) is 0 Å². The van der Waals surface area contributed by atoms with E-state index in [4.69, 9.17) is 4.74 Å². The van der Waals surface area contributed by atoms with Crippen LogP contribution >= 0.6 is 0 Å². The predicted octanol–water partition coefficient (Wildman–Crippen LogP) is 1.41. The molecule has 1 N–H and O–H groups in total. The van der Waals surface area contributed by atoms with Crippen LogP contribution in [-0.2, 0) is 22.1 Å². The van der Waals surface area contributed by atoms with Gasteiger partial charge in [-0.15, -0.1) is 0 Å². The normalized spacial score (nSPS) is 24.1. The molecular weight excluding hydrogens is 286 g/mol. The Labute approximate surface area is 129 Å². The van der Waals surface area contributed by atoms with Crippen molar-refractivity contribution in [1.82, 2.24) is 4.90 Å². The first-order valence-corrected chi connectivity index (χ1v) is 8.99. The number of aliphatic hydroxyl groups is 1.